The Labute approximate surface area is 77.3 Å². The fraction of sp³-hybridized carbons (Fsp3) is 0.750. The van der Waals surface area contributed by atoms with Crippen LogP contribution in [0.3, 0.4) is 0 Å². The lowest BCUT2D eigenvalue weighted by Crippen LogP contribution is -2.42. The second kappa shape index (κ2) is 5.01. The lowest BCUT2D eigenvalue weighted by Gasteiger charge is -2.44. The number of alkyl halides is 1. The molecular formula is C8H19F2N3. The normalized spacial score (nSPS) is 32.5. The molecule has 0 heterocycles. The quantitative estimate of drug-likeness (QED) is 0.625. The highest BCUT2D eigenvalue weighted by atomic mass is 19.1. The molecule has 3 nitrogen and oxygen atoms in total. The summed E-state index contributed by atoms with van der Waals surface area (Å²) in [6, 6.07) is 0. The molecule has 0 amide bonds. The highest BCUT2D eigenvalue weighted by molar-refractivity contribution is 5.15. The van der Waals surface area contributed by atoms with Gasteiger partial charge in [-0.3, -0.25) is 4.70 Å². The summed E-state index contributed by atoms with van der Waals surface area (Å²) in [7, 11) is 0. The van der Waals surface area contributed by atoms with Crippen molar-refractivity contribution in [3.63, 3.8) is 0 Å². The number of hydrogen-bond acceptors (Lipinski definition) is 3. The molecule has 5 heteroatoms. The molecule has 80 valence electrons. The van der Waals surface area contributed by atoms with Gasteiger partial charge in [-0.05, 0) is 19.3 Å². The molecule has 0 bridgehead atoms. The first-order valence-electron chi connectivity index (χ1n) is 3.96. The highest BCUT2D eigenvalue weighted by Crippen LogP contribution is 2.49. The zero-order valence-corrected chi connectivity index (χ0v) is 7.92. The Morgan fingerprint density at radius 2 is 2.08 bits per heavy atom. The van der Waals surface area contributed by atoms with Gasteiger partial charge in [0.1, 0.15) is 6.17 Å². The summed E-state index contributed by atoms with van der Waals surface area (Å²) in [5, 5.41) is 0. The van der Waals surface area contributed by atoms with Gasteiger partial charge in [-0.1, -0.05) is 6.92 Å². The number of nitrogens with two attached hydrogens (primary N) is 2. The van der Waals surface area contributed by atoms with Gasteiger partial charge in [-0.25, -0.2) is 4.39 Å². The van der Waals surface area contributed by atoms with Gasteiger partial charge in [0.05, 0.1) is 0 Å². The second-order valence-corrected chi connectivity index (χ2v) is 3.26. The summed E-state index contributed by atoms with van der Waals surface area (Å²) >= 11 is 0. The Morgan fingerprint density at radius 3 is 2.31 bits per heavy atom. The minimum Gasteiger partial charge on any atom is -0.403 e. The first kappa shape index (κ1) is 14.7. The summed E-state index contributed by atoms with van der Waals surface area (Å²) < 4.78 is 12.6. The molecule has 1 saturated carbocycles. The van der Waals surface area contributed by atoms with Crippen molar-refractivity contribution in [2.45, 2.75) is 32.4 Å². The summed E-state index contributed by atoms with van der Waals surface area (Å²) in [5.74, 6) is 0. The maximum atomic E-state index is 12.6. The number of rotatable bonds is 2. The SMILES string of the molecule is CCC1(/C(N)=C/N)CC(F)C1.F.N. The summed E-state index contributed by atoms with van der Waals surface area (Å²) in [4.78, 5) is 0. The van der Waals surface area contributed by atoms with Crippen LogP contribution >= 0.6 is 0 Å². The van der Waals surface area contributed by atoms with E-state index in [1.54, 1.807) is 0 Å². The standard InChI is InChI=1S/C8H15FN2.FH.H3N/c1-2-8(7(11)5-10)3-6(9)4-8;;/h5-6H,2-4,10-11H2,1H3;1H;1H3/b7-5-;;. The lowest BCUT2D eigenvalue weighted by atomic mass is 9.64. The zero-order valence-electron chi connectivity index (χ0n) is 7.92. The Kier molecular flexibility index (Phi) is 5.66. The average Bonchev–Trinajstić information content (AvgIpc) is 1.96. The number of hydrogen-bond donors (Lipinski definition) is 3. The van der Waals surface area contributed by atoms with Crippen molar-refractivity contribution < 1.29 is 9.09 Å². The molecule has 1 rings (SSSR count). The largest absolute Gasteiger partial charge is 0.403 e. The summed E-state index contributed by atoms with van der Waals surface area (Å²) in [6.07, 6.45) is 2.70. The van der Waals surface area contributed by atoms with Gasteiger partial charge in [0.15, 0.2) is 0 Å². The predicted octanol–water partition coefficient (Wildman–Crippen LogP) is 1.59. The van der Waals surface area contributed by atoms with Crippen molar-refractivity contribution in [3.8, 4) is 0 Å². The van der Waals surface area contributed by atoms with Crippen LogP contribution in [0.15, 0.2) is 11.9 Å². The number of halogens is 2. The molecule has 0 saturated heterocycles. The molecule has 0 aromatic heterocycles. The Hall–Kier alpha value is -0.840. The molecule has 1 fully saturated rings. The molecule has 0 atom stereocenters. The van der Waals surface area contributed by atoms with Crippen molar-refractivity contribution in [1.29, 1.82) is 0 Å². The van der Waals surface area contributed by atoms with E-state index in [9.17, 15) is 4.39 Å². The Balaban J connectivity index is 0. The zero-order chi connectivity index (χ0) is 8.48. The molecular weight excluding hydrogens is 176 g/mol. The van der Waals surface area contributed by atoms with Crippen molar-refractivity contribution in [2.75, 3.05) is 0 Å². The maximum Gasteiger partial charge on any atom is 0.102 e. The molecule has 0 aromatic carbocycles. The van der Waals surface area contributed by atoms with Crippen LogP contribution in [-0.4, -0.2) is 6.17 Å². The van der Waals surface area contributed by atoms with Crippen molar-refractivity contribution in [3.05, 3.63) is 11.9 Å². The van der Waals surface area contributed by atoms with Crippen LogP contribution in [0.4, 0.5) is 9.09 Å². The maximum absolute atomic E-state index is 12.6. The Bertz CT molecular complexity index is 176. The van der Waals surface area contributed by atoms with E-state index in [1.165, 1.54) is 6.20 Å². The topological polar surface area (TPSA) is 87.0 Å². The van der Waals surface area contributed by atoms with Crippen LogP contribution in [0, 0.1) is 5.41 Å². The van der Waals surface area contributed by atoms with Crippen molar-refractivity contribution in [2.24, 2.45) is 16.9 Å². The van der Waals surface area contributed by atoms with Crippen LogP contribution in [0.5, 0.6) is 0 Å². The van der Waals surface area contributed by atoms with Crippen molar-refractivity contribution in [1.82, 2.24) is 6.15 Å². The van der Waals surface area contributed by atoms with Gasteiger partial charge in [-0.2, -0.15) is 0 Å². The smallest absolute Gasteiger partial charge is 0.102 e. The molecule has 0 spiro atoms. The predicted molar refractivity (Wildman–Crippen MR) is 50.8 cm³/mol. The number of allylic oxidation sites excluding steroid dienone is 1. The second-order valence-electron chi connectivity index (χ2n) is 3.26. The molecule has 1 aliphatic rings. The van der Waals surface area contributed by atoms with Crippen LogP contribution in [0.2, 0.25) is 0 Å². The molecule has 0 aliphatic heterocycles. The van der Waals surface area contributed by atoms with E-state index >= 15 is 0 Å². The third-order valence-corrected chi connectivity index (χ3v) is 2.69. The van der Waals surface area contributed by atoms with E-state index in [-0.39, 0.29) is 16.3 Å². The first-order valence-corrected chi connectivity index (χ1v) is 3.96. The molecule has 13 heavy (non-hydrogen) atoms. The van der Waals surface area contributed by atoms with Crippen LogP contribution in [0.1, 0.15) is 26.2 Å². The van der Waals surface area contributed by atoms with Gasteiger partial charge in [0.25, 0.3) is 0 Å². The minimum atomic E-state index is -0.673. The van der Waals surface area contributed by atoms with E-state index in [0.717, 1.165) is 6.42 Å². The van der Waals surface area contributed by atoms with Crippen LogP contribution < -0.4 is 17.6 Å². The molecule has 0 aromatic rings. The summed E-state index contributed by atoms with van der Waals surface area (Å²) in [5.41, 5.74) is 11.5. The Morgan fingerprint density at radius 1 is 1.62 bits per heavy atom. The van der Waals surface area contributed by atoms with Gasteiger partial charge in [-0.15, -0.1) is 0 Å². The first-order chi connectivity index (χ1) is 5.14. The summed E-state index contributed by atoms with van der Waals surface area (Å²) in [6.45, 7) is 2.02. The fourth-order valence-electron chi connectivity index (χ4n) is 1.69. The molecule has 0 unspecified atom stereocenters. The van der Waals surface area contributed by atoms with E-state index in [1.807, 2.05) is 6.92 Å². The molecule has 0 radical (unpaired) electrons. The van der Waals surface area contributed by atoms with E-state index < -0.39 is 6.17 Å². The third-order valence-electron chi connectivity index (χ3n) is 2.69. The molecule has 7 N–H and O–H groups in total. The van der Waals surface area contributed by atoms with E-state index in [4.69, 9.17) is 11.5 Å². The van der Waals surface area contributed by atoms with Gasteiger partial charge in [0, 0.05) is 17.3 Å². The van der Waals surface area contributed by atoms with Gasteiger partial charge < -0.3 is 17.6 Å². The third kappa shape index (κ3) is 2.30. The van der Waals surface area contributed by atoms with E-state index in [0.29, 0.717) is 18.5 Å². The van der Waals surface area contributed by atoms with Gasteiger partial charge >= 0.3 is 0 Å². The molecule has 1 aliphatic carbocycles. The van der Waals surface area contributed by atoms with Crippen LogP contribution in [-0.2, 0) is 0 Å². The lowest BCUT2D eigenvalue weighted by molar-refractivity contribution is 0.0527. The van der Waals surface area contributed by atoms with Gasteiger partial charge in [0.2, 0.25) is 0 Å². The minimum absolute atomic E-state index is 0. The van der Waals surface area contributed by atoms with Crippen LogP contribution in [0.25, 0.3) is 0 Å². The van der Waals surface area contributed by atoms with Crippen molar-refractivity contribution >= 4 is 0 Å². The highest BCUT2D eigenvalue weighted by Gasteiger charge is 2.45. The van der Waals surface area contributed by atoms with E-state index in [2.05, 4.69) is 0 Å². The average molecular weight is 195 g/mol. The fourth-order valence-corrected chi connectivity index (χ4v) is 1.69. The monoisotopic (exact) mass is 195 g/mol.